The number of amides is 1. The van der Waals surface area contributed by atoms with Crippen molar-refractivity contribution in [2.24, 2.45) is 0 Å². The van der Waals surface area contributed by atoms with Crippen LogP contribution in [0.3, 0.4) is 0 Å². The fourth-order valence-electron chi connectivity index (χ4n) is 2.79. The van der Waals surface area contributed by atoms with E-state index in [4.69, 9.17) is 4.42 Å². The number of nitrogens with one attached hydrogen (secondary N) is 1. The molecule has 1 amide bonds. The highest BCUT2D eigenvalue weighted by atomic mass is 16.6. The molecule has 0 radical (unpaired) electrons. The molecule has 24 heavy (non-hydrogen) atoms. The second kappa shape index (κ2) is 6.69. The lowest BCUT2D eigenvalue weighted by molar-refractivity contribution is -0.385. The number of piperidine rings is 1. The maximum absolute atomic E-state index is 12.4. The zero-order valence-electron chi connectivity index (χ0n) is 13.3. The minimum absolute atomic E-state index is 0.00633. The van der Waals surface area contributed by atoms with Gasteiger partial charge in [-0.3, -0.25) is 14.9 Å². The van der Waals surface area contributed by atoms with Gasteiger partial charge in [0.15, 0.2) is 0 Å². The molecular weight excluding hydrogens is 312 g/mol. The van der Waals surface area contributed by atoms with Gasteiger partial charge >= 0.3 is 0 Å². The molecule has 0 saturated carbocycles. The number of hydrogen-bond donors (Lipinski definition) is 1. The summed E-state index contributed by atoms with van der Waals surface area (Å²) in [5.41, 5.74) is 0.579. The van der Waals surface area contributed by atoms with Crippen LogP contribution in [-0.2, 0) is 0 Å². The molecule has 8 nitrogen and oxygen atoms in total. The summed E-state index contributed by atoms with van der Waals surface area (Å²) in [7, 11) is 0. The van der Waals surface area contributed by atoms with Crippen LogP contribution in [0.1, 0.15) is 29.0 Å². The van der Waals surface area contributed by atoms with Crippen LogP contribution in [0.5, 0.6) is 0 Å². The molecule has 1 N–H and O–H groups in total. The van der Waals surface area contributed by atoms with E-state index in [1.165, 1.54) is 18.5 Å². The number of nitrogens with zero attached hydrogens (tertiary/aromatic N) is 3. The van der Waals surface area contributed by atoms with Gasteiger partial charge in [-0.1, -0.05) is 0 Å². The zero-order chi connectivity index (χ0) is 17.1. The molecule has 1 aliphatic rings. The van der Waals surface area contributed by atoms with Crippen LogP contribution in [0.15, 0.2) is 35.1 Å². The normalized spacial score (nSPS) is 15.3. The number of furan rings is 1. The number of nitro groups is 1. The number of pyridine rings is 1. The molecule has 0 aliphatic carbocycles. The molecule has 8 heteroatoms. The van der Waals surface area contributed by atoms with E-state index in [1.54, 1.807) is 19.1 Å². The van der Waals surface area contributed by atoms with E-state index in [9.17, 15) is 14.9 Å². The molecule has 2 aromatic rings. The van der Waals surface area contributed by atoms with Crippen molar-refractivity contribution in [3.8, 4) is 0 Å². The fourth-order valence-corrected chi connectivity index (χ4v) is 2.79. The summed E-state index contributed by atoms with van der Waals surface area (Å²) in [4.78, 5) is 28.4. The van der Waals surface area contributed by atoms with Crippen molar-refractivity contribution < 1.29 is 14.1 Å². The standard InChI is InChI=1S/C16H18N4O4/c1-11-14(6-9-24-11)16(21)19-7-4-12(5-8-19)18-15-3-2-13(10-17-15)20(22)23/h2-3,6,9-10,12H,4-5,7-8H2,1H3,(H,17,18). The molecule has 1 saturated heterocycles. The van der Waals surface area contributed by atoms with Gasteiger partial charge in [0, 0.05) is 25.2 Å². The average molecular weight is 330 g/mol. The Morgan fingerprint density at radius 1 is 1.38 bits per heavy atom. The summed E-state index contributed by atoms with van der Waals surface area (Å²) in [6.45, 7) is 3.07. The molecule has 126 valence electrons. The topological polar surface area (TPSA) is 102 Å². The minimum Gasteiger partial charge on any atom is -0.469 e. The van der Waals surface area contributed by atoms with E-state index < -0.39 is 4.92 Å². The summed E-state index contributed by atoms with van der Waals surface area (Å²) in [6.07, 6.45) is 4.35. The van der Waals surface area contributed by atoms with Gasteiger partial charge < -0.3 is 14.6 Å². The highest BCUT2D eigenvalue weighted by molar-refractivity contribution is 5.95. The van der Waals surface area contributed by atoms with Crippen LogP contribution in [-0.4, -0.2) is 39.8 Å². The van der Waals surface area contributed by atoms with Crippen LogP contribution < -0.4 is 5.32 Å². The lowest BCUT2D eigenvalue weighted by Crippen LogP contribution is -2.42. The molecule has 0 bridgehead atoms. The van der Waals surface area contributed by atoms with E-state index in [0.29, 0.717) is 30.2 Å². The number of aromatic nitrogens is 1. The van der Waals surface area contributed by atoms with Crippen LogP contribution in [0.2, 0.25) is 0 Å². The number of hydrogen-bond acceptors (Lipinski definition) is 6. The van der Waals surface area contributed by atoms with E-state index in [-0.39, 0.29) is 17.6 Å². The Balaban J connectivity index is 1.54. The van der Waals surface area contributed by atoms with Gasteiger partial charge in [0.1, 0.15) is 17.8 Å². The van der Waals surface area contributed by atoms with Crippen LogP contribution in [0.4, 0.5) is 11.5 Å². The van der Waals surface area contributed by atoms with Crippen molar-refractivity contribution in [2.75, 3.05) is 18.4 Å². The minimum atomic E-state index is -0.473. The number of carbonyl (C=O) groups excluding carboxylic acids is 1. The van der Waals surface area contributed by atoms with Gasteiger partial charge in [-0.15, -0.1) is 0 Å². The Morgan fingerprint density at radius 3 is 2.67 bits per heavy atom. The van der Waals surface area contributed by atoms with Crippen LogP contribution >= 0.6 is 0 Å². The Morgan fingerprint density at radius 2 is 2.12 bits per heavy atom. The third-order valence-corrected chi connectivity index (χ3v) is 4.18. The lowest BCUT2D eigenvalue weighted by Gasteiger charge is -2.32. The molecule has 1 fully saturated rings. The summed E-state index contributed by atoms with van der Waals surface area (Å²) in [6, 6.07) is 4.91. The second-order valence-electron chi connectivity index (χ2n) is 5.76. The van der Waals surface area contributed by atoms with Crippen molar-refractivity contribution in [2.45, 2.75) is 25.8 Å². The van der Waals surface area contributed by atoms with Crippen molar-refractivity contribution in [3.63, 3.8) is 0 Å². The largest absolute Gasteiger partial charge is 0.469 e. The Labute approximate surface area is 138 Å². The molecule has 0 spiro atoms. The lowest BCUT2D eigenvalue weighted by atomic mass is 10.0. The molecule has 1 aliphatic heterocycles. The van der Waals surface area contributed by atoms with Crippen molar-refractivity contribution >= 4 is 17.4 Å². The second-order valence-corrected chi connectivity index (χ2v) is 5.76. The van der Waals surface area contributed by atoms with Gasteiger partial charge in [-0.25, -0.2) is 4.98 Å². The first-order valence-corrected chi connectivity index (χ1v) is 7.75. The predicted molar refractivity (Wildman–Crippen MR) is 86.9 cm³/mol. The maximum atomic E-state index is 12.4. The first-order valence-electron chi connectivity index (χ1n) is 7.75. The number of likely N-dealkylation sites (tertiary alicyclic amines) is 1. The smallest absolute Gasteiger partial charge is 0.287 e. The van der Waals surface area contributed by atoms with Gasteiger partial charge in [-0.05, 0) is 31.9 Å². The maximum Gasteiger partial charge on any atom is 0.287 e. The summed E-state index contributed by atoms with van der Waals surface area (Å²) >= 11 is 0. The molecular formula is C16H18N4O4. The van der Waals surface area contributed by atoms with Crippen molar-refractivity contribution in [1.82, 2.24) is 9.88 Å². The summed E-state index contributed by atoms with van der Waals surface area (Å²) in [5, 5.41) is 13.9. The Hall–Kier alpha value is -2.90. The third kappa shape index (κ3) is 3.37. The van der Waals surface area contributed by atoms with E-state index in [1.807, 2.05) is 4.90 Å². The number of aryl methyl sites for hydroxylation is 1. The van der Waals surface area contributed by atoms with E-state index in [0.717, 1.165) is 12.8 Å². The number of carbonyl (C=O) groups is 1. The van der Waals surface area contributed by atoms with Crippen LogP contribution in [0, 0.1) is 17.0 Å². The first-order chi connectivity index (χ1) is 11.5. The third-order valence-electron chi connectivity index (χ3n) is 4.18. The molecule has 3 heterocycles. The molecule has 0 unspecified atom stereocenters. The highest BCUT2D eigenvalue weighted by Gasteiger charge is 2.25. The quantitative estimate of drug-likeness (QED) is 0.683. The highest BCUT2D eigenvalue weighted by Crippen LogP contribution is 2.20. The Bertz CT molecular complexity index is 733. The van der Waals surface area contributed by atoms with Crippen molar-refractivity contribution in [1.29, 1.82) is 0 Å². The monoisotopic (exact) mass is 330 g/mol. The number of rotatable bonds is 4. The van der Waals surface area contributed by atoms with Gasteiger partial charge in [-0.2, -0.15) is 0 Å². The molecule has 0 aromatic carbocycles. The molecule has 0 atom stereocenters. The SMILES string of the molecule is Cc1occc1C(=O)N1CCC(Nc2ccc([N+](=O)[O-])cn2)CC1. The number of anilines is 1. The van der Waals surface area contributed by atoms with E-state index >= 15 is 0 Å². The summed E-state index contributed by atoms with van der Waals surface area (Å²) < 4.78 is 5.19. The Kier molecular flexibility index (Phi) is 4.45. The first kappa shape index (κ1) is 16.0. The fraction of sp³-hybridized carbons (Fsp3) is 0.375. The summed E-state index contributed by atoms with van der Waals surface area (Å²) in [5.74, 6) is 1.24. The molecule has 3 rings (SSSR count). The van der Waals surface area contributed by atoms with Crippen LogP contribution in [0.25, 0.3) is 0 Å². The van der Waals surface area contributed by atoms with Gasteiger partial charge in [0.05, 0.1) is 16.7 Å². The average Bonchev–Trinajstić information content (AvgIpc) is 3.01. The van der Waals surface area contributed by atoms with E-state index in [2.05, 4.69) is 10.3 Å². The predicted octanol–water partition coefficient (Wildman–Crippen LogP) is 2.61. The molecule has 2 aromatic heterocycles. The van der Waals surface area contributed by atoms with Crippen molar-refractivity contribution in [3.05, 3.63) is 52.1 Å². The van der Waals surface area contributed by atoms with Gasteiger partial charge in [0.25, 0.3) is 11.6 Å². The van der Waals surface area contributed by atoms with Gasteiger partial charge in [0.2, 0.25) is 0 Å². The zero-order valence-corrected chi connectivity index (χ0v) is 13.3.